The van der Waals surface area contributed by atoms with Crippen LogP contribution in [0.2, 0.25) is 0 Å². The first kappa shape index (κ1) is 15.2. The van der Waals surface area contributed by atoms with Crippen LogP contribution in [0.25, 0.3) is 0 Å². The van der Waals surface area contributed by atoms with Crippen molar-refractivity contribution in [1.82, 2.24) is 5.32 Å². The fourth-order valence-electron chi connectivity index (χ4n) is 1.51. The van der Waals surface area contributed by atoms with E-state index in [0.29, 0.717) is 13.0 Å². The number of ether oxygens (including phenoxy) is 2. The Hall–Kier alpha value is -1.85. The van der Waals surface area contributed by atoms with Gasteiger partial charge in [-0.1, -0.05) is 0 Å². The van der Waals surface area contributed by atoms with Crippen molar-refractivity contribution in [3.8, 4) is 0 Å². The molecular formula is C13H19NO5. The van der Waals surface area contributed by atoms with Gasteiger partial charge in [-0.15, -0.1) is 0 Å². The van der Waals surface area contributed by atoms with Crippen molar-refractivity contribution < 1.29 is 23.9 Å². The van der Waals surface area contributed by atoms with Crippen LogP contribution < -0.4 is 5.32 Å². The molecule has 1 N–H and O–H groups in total. The SMILES string of the molecule is CC(C)(C)OC(=O)/C=C/C(=O)OCC1CCNC1=O. The molecule has 1 unspecified atom stereocenters. The zero-order chi connectivity index (χ0) is 14.5. The highest BCUT2D eigenvalue weighted by atomic mass is 16.6. The lowest BCUT2D eigenvalue weighted by Crippen LogP contribution is -2.24. The van der Waals surface area contributed by atoms with Crippen LogP contribution in [0.5, 0.6) is 0 Å². The minimum absolute atomic E-state index is 0.0311. The molecule has 106 valence electrons. The average Bonchev–Trinajstić information content (AvgIpc) is 2.67. The van der Waals surface area contributed by atoms with Gasteiger partial charge in [-0.25, -0.2) is 9.59 Å². The summed E-state index contributed by atoms with van der Waals surface area (Å²) in [5.74, 6) is -1.67. The van der Waals surface area contributed by atoms with Gasteiger partial charge in [0, 0.05) is 18.7 Å². The molecule has 0 saturated carbocycles. The standard InChI is InChI=1S/C13H19NO5/c1-13(2,3)19-11(16)5-4-10(15)18-8-9-6-7-14-12(9)17/h4-5,9H,6-8H2,1-3H3,(H,14,17)/b5-4+. The number of esters is 2. The number of carbonyl (C=O) groups is 3. The summed E-state index contributed by atoms with van der Waals surface area (Å²) in [5, 5.41) is 2.65. The maximum absolute atomic E-state index is 11.3. The lowest BCUT2D eigenvalue weighted by Gasteiger charge is -2.17. The van der Waals surface area contributed by atoms with Crippen molar-refractivity contribution >= 4 is 17.8 Å². The van der Waals surface area contributed by atoms with Crippen LogP contribution in [0.1, 0.15) is 27.2 Å². The Morgan fingerprint density at radius 1 is 1.32 bits per heavy atom. The van der Waals surface area contributed by atoms with E-state index in [9.17, 15) is 14.4 Å². The minimum Gasteiger partial charge on any atom is -0.462 e. The van der Waals surface area contributed by atoms with Crippen LogP contribution in [0, 0.1) is 5.92 Å². The Morgan fingerprint density at radius 3 is 2.47 bits per heavy atom. The highest BCUT2D eigenvalue weighted by molar-refractivity contribution is 5.92. The molecule has 0 aromatic carbocycles. The second-order valence-corrected chi connectivity index (χ2v) is 5.27. The lowest BCUT2D eigenvalue weighted by atomic mass is 10.1. The molecule has 1 saturated heterocycles. The van der Waals surface area contributed by atoms with Crippen molar-refractivity contribution in [2.75, 3.05) is 13.2 Å². The number of hydrogen-bond acceptors (Lipinski definition) is 5. The molecule has 0 spiro atoms. The molecule has 0 bridgehead atoms. The number of hydrogen-bond donors (Lipinski definition) is 1. The molecule has 0 aliphatic carbocycles. The Morgan fingerprint density at radius 2 is 1.95 bits per heavy atom. The maximum Gasteiger partial charge on any atom is 0.331 e. The van der Waals surface area contributed by atoms with Crippen LogP contribution in [0.15, 0.2) is 12.2 Å². The van der Waals surface area contributed by atoms with Gasteiger partial charge in [0.25, 0.3) is 0 Å². The average molecular weight is 269 g/mol. The molecule has 1 fully saturated rings. The summed E-state index contributed by atoms with van der Waals surface area (Å²) in [4.78, 5) is 33.8. The maximum atomic E-state index is 11.3. The fraction of sp³-hybridized carbons (Fsp3) is 0.615. The zero-order valence-electron chi connectivity index (χ0n) is 11.4. The van der Waals surface area contributed by atoms with Crippen molar-refractivity contribution in [1.29, 1.82) is 0 Å². The number of amides is 1. The normalized spacial score (nSPS) is 19.3. The van der Waals surface area contributed by atoms with E-state index in [1.165, 1.54) is 0 Å². The predicted molar refractivity (Wildman–Crippen MR) is 67.1 cm³/mol. The van der Waals surface area contributed by atoms with E-state index in [1.807, 2.05) is 0 Å². The van der Waals surface area contributed by atoms with Crippen LogP contribution >= 0.6 is 0 Å². The van der Waals surface area contributed by atoms with Crippen molar-refractivity contribution in [2.24, 2.45) is 5.92 Å². The largest absolute Gasteiger partial charge is 0.462 e. The van der Waals surface area contributed by atoms with Crippen LogP contribution in [-0.2, 0) is 23.9 Å². The van der Waals surface area contributed by atoms with Gasteiger partial charge in [-0.05, 0) is 27.2 Å². The van der Waals surface area contributed by atoms with E-state index in [2.05, 4.69) is 5.32 Å². The molecular weight excluding hydrogens is 250 g/mol. The predicted octanol–water partition coefficient (Wildman–Crippen LogP) is 0.564. The summed E-state index contributed by atoms with van der Waals surface area (Å²) in [7, 11) is 0. The van der Waals surface area contributed by atoms with Crippen LogP contribution in [0.4, 0.5) is 0 Å². The third-order valence-electron chi connectivity index (χ3n) is 2.35. The van der Waals surface area contributed by atoms with Gasteiger partial charge in [0.2, 0.25) is 5.91 Å². The van der Waals surface area contributed by atoms with Crippen molar-refractivity contribution in [3.05, 3.63) is 12.2 Å². The van der Waals surface area contributed by atoms with Gasteiger partial charge in [0.1, 0.15) is 12.2 Å². The summed E-state index contributed by atoms with van der Waals surface area (Å²) in [6.07, 6.45) is 2.67. The molecule has 6 heteroatoms. The molecule has 6 nitrogen and oxygen atoms in total. The van der Waals surface area contributed by atoms with Gasteiger partial charge in [0.15, 0.2) is 0 Å². The van der Waals surface area contributed by atoms with Gasteiger partial charge in [-0.3, -0.25) is 4.79 Å². The molecule has 1 aliphatic heterocycles. The molecule has 1 heterocycles. The van der Waals surface area contributed by atoms with Crippen LogP contribution in [0.3, 0.4) is 0 Å². The van der Waals surface area contributed by atoms with E-state index in [1.54, 1.807) is 20.8 Å². The molecule has 1 rings (SSSR count). The van der Waals surface area contributed by atoms with E-state index >= 15 is 0 Å². The van der Waals surface area contributed by atoms with Crippen molar-refractivity contribution in [2.45, 2.75) is 32.8 Å². The first-order chi connectivity index (χ1) is 8.78. The third kappa shape index (κ3) is 6.03. The van der Waals surface area contributed by atoms with E-state index in [-0.39, 0.29) is 18.4 Å². The first-order valence-corrected chi connectivity index (χ1v) is 6.13. The van der Waals surface area contributed by atoms with Gasteiger partial charge in [0.05, 0.1) is 5.92 Å². The van der Waals surface area contributed by atoms with E-state index in [4.69, 9.17) is 9.47 Å². The Labute approximate surface area is 112 Å². The Bertz CT molecular complexity index is 394. The highest BCUT2D eigenvalue weighted by Gasteiger charge is 2.25. The van der Waals surface area contributed by atoms with E-state index < -0.39 is 17.5 Å². The third-order valence-corrected chi connectivity index (χ3v) is 2.35. The topological polar surface area (TPSA) is 81.7 Å². The van der Waals surface area contributed by atoms with Crippen LogP contribution in [-0.4, -0.2) is 36.6 Å². The minimum atomic E-state index is -0.662. The number of carbonyl (C=O) groups excluding carboxylic acids is 3. The number of nitrogens with one attached hydrogen (secondary N) is 1. The summed E-state index contributed by atoms with van der Waals surface area (Å²) in [5.41, 5.74) is -0.604. The van der Waals surface area contributed by atoms with Gasteiger partial charge >= 0.3 is 11.9 Å². The number of rotatable bonds is 4. The first-order valence-electron chi connectivity index (χ1n) is 6.13. The molecule has 1 amide bonds. The Balaban J connectivity index is 2.30. The quantitative estimate of drug-likeness (QED) is 0.596. The summed E-state index contributed by atoms with van der Waals surface area (Å²) >= 11 is 0. The summed E-state index contributed by atoms with van der Waals surface area (Å²) < 4.78 is 9.87. The molecule has 0 aromatic heterocycles. The smallest absolute Gasteiger partial charge is 0.331 e. The molecule has 1 atom stereocenters. The molecule has 19 heavy (non-hydrogen) atoms. The second-order valence-electron chi connectivity index (χ2n) is 5.27. The summed E-state index contributed by atoms with van der Waals surface area (Å²) in [6, 6.07) is 0. The second kappa shape index (κ2) is 6.36. The molecule has 0 radical (unpaired) electrons. The van der Waals surface area contributed by atoms with E-state index in [0.717, 1.165) is 12.2 Å². The van der Waals surface area contributed by atoms with Gasteiger partial charge < -0.3 is 14.8 Å². The molecule has 1 aliphatic rings. The monoisotopic (exact) mass is 269 g/mol. The zero-order valence-corrected chi connectivity index (χ0v) is 11.4. The lowest BCUT2D eigenvalue weighted by molar-refractivity contribution is -0.149. The Kier molecular flexibility index (Phi) is 5.09. The van der Waals surface area contributed by atoms with Gasteiger partial charge in [-0.2, -0.15) is 0 Å². The summed E-state index contributed by atoms with van der Waals surface area (Å²) in [6.45, 7) is 5.83. The molecule has 0 aromatic rings. The fourth-order valence-corrected chi connectivity index (χ4v) is 1.51. The van der Waals surface area contributed by atoms with Crippen molar-refractivity contribution in [3.63, 3.8) is 0 Å². The highest BCUT2D eigenvalue weighted by Crippen LogP contribution is 2.10.